The second kappa shape index (κ2) is 5.50. The highest BCUT2D eigenvalue weighted by Gasteiger charge is 2.03. The van der Waals surface area contributed by atoms with E-state index >= 15 is 0 Å². The Morgan fingerprint density at radius 3 is 2.69 bits per heavy atom. The third kappa shape index (κ3) is 3.87. The van der Waals surface area contributed by atoms with Gasteiger partial charge in [0.1, 0.15) is 18.5 Å². The van der Waals surface area contributed by atoms with Crippen LogP contribution in [-0.2, 0) is 4.74 Å². The molecule has 72 valence electrons. The van der Waals surface area contributed by atoms with Crippen molar-refractivity contribution >= 4 is 0 Å². The molecule has 0 saturated carbocycles. The first-order chi connectivity index (χ1) is 6.33. The summed E-state index contributed by atoms with van der Waals surface area (Å²) < 4.78 is 10.0. The van der Waals surface area contributed by atoms with Gasteiger partial charge >= 0.3 is 0 Å². The molecular weight excluding hydrogens is 170 g/mol. The van der Waals surface area contributed by atoms with E-state index in [0.29, 0.717) is 5.75 Å². The minimum Gasteiger partial charge on any atom is -0.491 e. The SMILES string of the molecule is COCC(O)COc1ccncc1. The Kier molecular flexibility index (Phi) is 4.21. The van der Waals surface area contributed by atoms with Gasteiger partial charge in [0.25, 0.3) is 0 Å². The van der Waals surface area contributed by atoms with E-state index in [0.717, 1.165) is 0 Å². The van der Waals surface area contributed by atoms with Crippen molar-refractivity contribution in [1.82, 2.24) is 4.98 Å². The van der Waals surface area contributed by atoms with Crippen LogP contribution in [0, 0.1) is 0 Å². The number of methoxy groups -OCH3 is 1. The Bertz CT molecular complexity index is 228. The Morgan fingerprint density at radius 1 is 1.38 bits per heavy atom. The fraction of sp³-hybridized carbons (Fsp3) is 0.444. The van der Waals surface area contributed by atoms with Crippen molar-refractivity contribution in [1.29, 1.82) is 0 Å². The third-order valence-corrected chi connectivity index (χ3v) is 1.45. The van der Waals surface area contributed by atoms with Crippen LogP contribution in [0.2, 0.25) is 0 Å². The van der Waals surface area contributed by atoms with Crippen LogP contribution in [-0.4, -0.2) is 36.5 Å². The molecule has 0 saturated heterocycles. The van der Waals surface area contributed by atoms with Gasteiger partial charge in [0.2, 0.25) is 0 Å². The average molecular weight is 183 g/mol. The van der Waals surface area contributed by atoms with Gasteiger partial charge in [0.15, 0.2) is 0 Å². The van der Waals surface area contributed by atoms with Gasteiger partial charge in [0, 0.05) is 19.5 Å². The predicted molar refractivity (Wildman–Crippen MR) is 47.6 cm³/mol. The molecule has 13 heavy (non-hydrogen) atoms. The van der Waals surface area contributed by atoms with Gasteiger partial charge in [0.05, 0.1) is 6.61 Å². The van der Waals surface area contributed by atoms with Crippen LogP contribution in [0.4, 0.5) is 0 Å². The zero-order valence-electron chi connectivity index (χ0n) is 7.51. The van der Waals surface area contributed by atoms with E-state index < -0.39 is 6.10 Å². The van der Waals surface area contributed by atoms with E-state index in [1.54, 1.807) is 24.5 Å². The van der Waals surface area contributed by atoms with E-state index in [1.807, 2.05) is 0 Å². The van der Waals surface area contributed by atoms with Crippen molar-refractivity contribution in [2.75, 3.05) is 20.3 Å². The molecule has 4 heteroatoms. The molecule has 0 amide bonds. The predicted octanol–water partition coefficient (Wildman–Crippen LogP) is 0.468. The van der Waals surface area contributed by atoms with Gasteiger partial charge in [-0.05, 0) is 12.1 Å². The molecular formula is C9H13NO3. The Morgan fingerprint density at radius 2 is 2.08 bits per heavy atom. The maximum absolute atomic E-state index is 9.24. The summed E-state index contributed by atoms with van der Waals surface area (Å²) in [4.78, 5) is 3.84. The van der Waals surface area contributed by atoms with E-state index in [4.69, 9.17) is 9.47 Å². The summed E-state index contributed by atoms with van der Waals surface area (Å²) in [6.45, 7) is 0.517. The van der Waals surface area contributed by atoms with Crippen LogP contribution in [0.1, 0.15) is 0 Å². The van der Waals surface area contributed by atoms with Gasteiger partial charge < -0.3 is 14.6 Å². The first-order valence-corrected chi connectivity index (χ1v) is 4.02. The maximum Gasteiger partial charge on any atom is 0.122 e. The normalized spacial score (nSPS) is 12.5. The highest BCUT2D eigenvalue weighted by atomic mass is 16.5. The fourth-order valence-corrected chi connectivity index (χ4v) is 0.867. The molecule has 0 spiro atoms. The summed E-state index contributed by atoms with van der Waals surface area (Å²) in [6, 6.07) is 3.47. The van der Waals surface area contributed by atoms with Crippen LogP contribution >= 0.6 is 0 Å². The van der Waals surface area contributed by atoms with Crippen molar-refractivity contribution in [2.45, 2.75) is 6.10 Å². The molecule has 0 aromatic carbocycles. The summed E-state index contributed by atoms with van der Waals surface area (Å²) in [5.74, 6) is 0.699. The molecule has 4 nitrogen and oxygen atoms in total. The van der Waals surface area contributed by atoms with Crippen molar-refractivity contribution in [3.05, 3.63) is 24.5 Å². The maximum atomic E-state index is 9.24. The number of hydrogen-bond donors (Lipinski definition) is 1. The summed E-state index contributed by atoms with van der Waals surface area (Å²) in [7, 11) is 1.54. The van der Waals surface area contributed by atoms with Crippen LogP contribution in [0.3, 0.4) is 0 Å². The van der Waals surface area contributed by atoms with Crippen LogP contribution in [0.5, 0.6) is 5.75 Å². The number of aromatic nitrogens is 1. The number of aliphatic hydroxyl groups is 1. The fourth-order valence-electron chi connectivity index (χ4n) is 0.867. The molecule has 0 radical (unpaired) electrons. The average Bonchev–Trinajstić information content (AvgIpc) is 2.17. The van der Waals surface area contributed by atoms with Crippen LogP contribution in [0.15, 0.2) is 24.5 Å². The first-order valence-electron chi connectivity index (χ1n) is 4.02. The molecule has 0 fully saturated rings. The Balaban J connectivity index is 2.27. The molecule has 0 bridgehead atoms. The second-order valence-corrected chi connectivity index (χ2v) is 2.60. The number of aliphatic hydroxyl groups excluding tert-OH is 1. The molecule has 1 N–H and O–H groups in total. The molecule has 1 heterocycles. The van der Waals surface area contributed by atoms with Crippen molar-refractivity contribution in [3.8, 4) is 5.75 Å². The van der Waals surface area contributed by atoms with Crippen molar-refractivity contribution in [3.63, 3.8) is 0 Å². The van der Waals surface area contributed by atoms with Crippen molar-refractivity contribution < 1.29 is 14.6 Å². The number of pyridine rings is 1. The zero-order chi connectivity index (χ0) is 9.52. The molecule has 1 unspecified atom stereocenters. The minimum atomic E-state index is -0.585. The van der Waals surface area contributed by atoms with E-state index in [-0.39, 0.29) is 13.2 Å². The number of rotatable bonds is 5. The Hall–Kier alpha value is -1.13. The molecule has 1 atom stereocenters. The number of hydrogen-bond acceptors (Lipinski definition) is 4. The van der Waals surface area contributed by atoms with Gasteiger partial charge in [-0.2, -0.15) is 0 Å². The minimum absolute atomic E-state index is 0.234. The lowest BCUT2D eigenvalue weighted by Gasteiger charge is -2.10. The zero-order valence-corrected chi connectivity index (χ0v) is 7.51. The summed E-state index contributed by atoms with van der Waals surface area (Å²) in [6.07, 6.45) is 2.69. The smallest absolute Gasteiger partial charge is 0.122 e. The van der Waals surface area contributed by atoms with Gasteiger partial charge in [-0.1, -0.05) is 0 Å². The largest absolute Gasteiger partial charge is 0.491 e. The standard InChI is InChI=1S/C9H13NO3/c1-12-6-8(11)7-13-9-2-4-10-5-3-9/h2-5,8,11H,6-7H2,1H3. The highest BCUT2D eigenvalue weighted by Crippen LogP contribution is 2.06. The van der Waals surface area contributed by atoms with Crippen LogP contribution < -0.4 is 4.74 Å². The lowest BCUT2D eigenvalue weighted by Crippen LogP contribution is -2.22. The van der Waals surface area contributed by atoms with E-state index in [1.165, 1.54) is 7.11 Å². The molecule has 0 aliphatic rings. The van der Waals surface area contributed by atoms with Crippen molar-refractivity contribution in [2.24, 2.45) is 0 Å². The lowest BCUT2D eigenvalue weighted by molar-refractivity contribution is 0.0325. The van der Waals surface area contributed by atoms with Gasteiger partial charge in [-0.15, -0.1) is 0 Å². The second-order valence-electron chi connectivity index (χ2n) is 2.60. The topological polar surface area (TPSA) is 51.6 Å². The monoisotopic (exact) mass is 183 g/mol. The quantitative estimate of drug-likeness (QED) is 0.720. The Labute approximate surface area is 77.1 Å². The summed E-state index contributed by atoms with van der Waals surface area (Å²) in [5.41, 5.74) is 0. The molecule has 0 aliphatic heterocycles. The van der Waals surface area contributed by atoms with E-state index in [9.17, 15) is 5.11 Å². The molecule has 1 aromatic rings. The molecule has 0 aliphatic carbocycles. The molecule has 1 rings (SSSR count). The third-order valence-electron chi connectivity index (χ3n) is 1.45. The van der Waals surface area contributed by atoms with E-state index in [2.05, 4.69) is 4.98 Å². The van der Waals surface area contributed by atoms with Crippen LogP contribution in [0.25, 0.3) is 0 Å². The molecule has 1 aromatic heterocycles. The highest BCUT2D eigenvalue weighted by molar-refractivity contribution is 5.16. The first kappa shape index (κ1) is 9.95. The van der Waals surface area contributed by atoms with Gasteiger partial charge in [-0.25, -0.2) is 0 Å². The lowest BCUT2D eigenvalue weighted by atomic mass is 10.4. The number of nitrogens with zero attached hydrogens (tertiary/aromatic N) is 1. The number of ether oxygens (including phenoxy) is 2. The summed E-state index contributed by atoms with van der Waals surface area (Å²) in [5, 5.41) is 9.24. The van der Waals surface area contributed by atoms with Gasteiger partial charge in [-0.3, -0.25) is 4.98 Å². The summed E-state index contributed by atoms with van der Waals surface area (Å²) >= 11 is 0.